The van der Waals surface area contributed by atoms with Gasteiger partial charge in [0.05, 0.1) is 28.5 Å². The van der Waals surface area contributed by atoms with Crippen molar-refractivity contribution in [2.75, 3.05) is 37.0 Å². The Bertz CT molecular complexity index is 2010. The second-order valence-corrected chi connectivity index (χ2v) is 16.4. The van der Waals surface area contributed by atoms with Crippen LogP contribution in [0.5, 0.6) is 0 Å². The van der Waals surface area contributed by atoms with Crippen molar-refractivity contribution in [3.05, 3.63) is 76.8 Å². The van der Waals surface area contributed by atoms with Crippen molar-refractivity contribution in [1.29, 1.82) is 0 Å². The molecular formula is C34H38Cl2N6O7S. The minimum Gasteiger partial charge on any atom is -0.459 e. The number of carbonyl (C=O) groups excluding carboxylic acids is 3. The number of ether oxygens (including phenoxy) is 2. The number of sulfonamides is 1. The van der Waals surface area contributed by atoms with E-state index in [2.05, 4.69) is 9.97 Å². The van der Waals surface area contributed by atoms with E-state index in [1.165, 1.54) is 30.6 Å². The van der Waals surface area contributed by atoms with Crippen LogP contribution in [-0.2, 0) is 24.3 Å². The highest BCUT2D eigenvalue weighted by Crippen LogP contribution is 2.31. The Morgan fingerprint density at radius 3 is 2.02 bits per heavy atom. The van der Waals surface area contributed by atoms with Gasteiger partial charge in [0.25, 0.3) is 15.9 Å². The first-order chi connectivity index (χ1) is 23.3. The standard InChI is InChI=1S/C34H38Cl2N6O7S/c1-33(2,3)48-30(43)21-42(50(46,47)26-17-23(35)16-24(36)18-26)25-7-8-28-22(15-25)9-10-41(28)29-20-37-27(19-38-29)31(44)39-11-13-40(14-12-39)32(45)49-34(4,5)6/h7-10,15-20H,11-14,21H2,1-6H3. The lowest BCUT2D eigenvalue weighted by molar-refractivity contribution is -0.152. The Morgan fingerprint density at radius 2 is 1.44 bits per heavy atom. The van der Waals surface area contributed by atoms with Gasteiger partial charge in [-0.15, -0.1) is 0 Å². The molecule has 2 aromatic heterocycles. The number of anilines is 1. The number of hydrogen-bond donors (Lipinski definition) is 0. The fraction of sp³-hybridized carbons (Fsp3) is 0.382. The molecule has 1 aliphatic rings. The number of carbonyl (C=O) groups is 3. The van der Waals surface area contributed by atoms with Crippen LogP contribution >= 0.6 is 23.2 Å². The normalized spacial score (nSPS) is 14.1. The molecule has 3 heterocycles. The molecular weight excluding hydrogens is 707 g/mol. The number of fused-ring (bicyclic) bond motifs is 1. The predicted octanol–water partition coefficient (Wildman–Crippen LogP) is 5.96. The van der Waals surface area contributed by atoms with Gasteiger partial charge in [0.2, 0.25) is 0 Å². The Morgan fingerprint density at radius 1 is 0.820 bits per heavy atom. The molecule has 0 radical (unpaired) electrons. The summed E-state index contributed by atoms with van der Waals surface area (Å²) in [5.74, 6) is -0.630. The Balaban J connectivity index is 1.36. The first kappa shape index (κ1) is 36.9. The Labute approximate surface area is 300 Å². The number of nitrogens with zero attached hydrogens (tertiary/aromatic N) is 6. The molecule has 5 rings (SSSR count). The van der Waals surface area contributed by atoms with E-state index in [1.54, 1.807) is 86.4 Å². The summed E-state index contributed by atoms with van der Waals surface area (Å²) in [6, 6.07) is 10.6. The quantitative estimate of drug-likeness (QED) is 0.210. The Kier molecular flexibility index (Phi) is 10.4. The zero-order chi connectivity index (χ0) is 36.6. The Hall–Kier alpha value is -4.40. The monoisotopic (exact) mass is 744 g/mol. The van der Waals surface area contributed by atoms with Crippen LogP contribution in [-0.4, -0.2) is 94.6 Å². The average molecular weight is 746 g/mol. The van der Waals surface area contributed by atoms with E-state index in [0.29, 0.717) is 42.9 Å². The van der Waals surface area contributed by atoms with Gasteiger partial charge in [-0.2, -0.15) is 0 Å². The van der Waals surface area contributed by atoms with Gasteiger partial charge in [0, 0.05) is 47.8 Å². The van der Waals surface area contributed by atoms with Crippen molar-refractivity contribution < 1.29 is 32.3 Å². The molecule has 0 spiro atoms. The largest absolute Gasteiger partial charge is 0.459 e. The van der Waals surface area contributed by atoms with Crippen LogP contribution in [0.1, 0.15) is 52.0 Å². The molecule has 4 aromatic rings. The van der Waals surface area contributed by atoms with Crippen molar-refractivity contribution in [3.63, 3.8) is 0 Å². The number of rotatable bonds is 7. The van der Waals surface area contributed by atoms with Crippen LogP contribution in [0.15, 0.2) is 66.0 Å². The maximum atomic E-state index is 13.9. The third-order valence-electron chi connectivity index (χ3n) is 7.40. The number of halogens is 2. The van der Waals surface area contributed by atoms with Crippen LogP contribution in [0, 0.1) is 0 Å². The van der Waals surface area contributed by atoms with Gasteiger partial charge in [0.1, 0.15) is 23.4 Å². The highest BCUT2D eigenvalue weighted by Gasteiger charge is 2.31. The third-order valence-corrected chi connectivity index (χ3v) is 9.59. The van der Waals surface area contributed by atoms with Crippen molar-refractivity contribution in [1.82, 2.24) is 24.3 Å². The molecule has 266 valence electrons. The van der Waals surface area contributed by atoms with Gasteiger partial charge in [0.15, 0.2) is 5.82 Å². The van der Waals surface area contributed by atoms with Crippen LogP contribution in [0.4, 0.5) is 10.5 Å². The second-order valence-electron chi connectivity index (χ2n) is 13.7. The molecule has 13 nitrogen and oxygen atoms in total. The summed E-state index contributed by atoms with van der Waals surface area (Å²) in [4.78, 5) is 50.3. The van der Waals surface area contributed by atoms with E-state index < -0.39 is 39.8 Å². The molecule has 16 heteroatoms. The van der Waals surface area contributed by atoms with Gasteiger partial charge in [-0.25, -0.2) is 23.2 Å². The first-order valence-electron chi connectivity index (χ1n) is 15.7. The zero-order valence-corrected chi connectivity index (χ0v) is 30.8. The summed E-state index contributed by atoms with van der Waals surface area (Å²) in [5, 5.41) is 0.881. The smallest absolute Gasteiger partial charge is 0.410 e. The SMILES string of the molecule is CC(C)(C)OC(=O)CN(c1ccc2c(ccn2-c2cnc(C(=O)N3CCN(C(=O)OC(C)(C)C)CC3)cn2)c1)S(=O)(=O)c1cc(Cl)cc(Cl)c1. The van der Waals surface area contributed by atoms with E-state index in [9.17, 15) is 22.8 Å². The first-order valence-corrected chi connectivity index (χ1v) is 17.9. The molecule has 1 fully saturated rings. The van der Waals surface area contributed by atoms with Gasteiger partial charge in [-0.3, -0.25) is 18.5 Å². The van der Waals surface area contributed by atoms with Gasteiger partial charge >= 0.3 is 12.1 Å². The van der Waals surface area contributed by atoms with Gasteiger partial charge in [-0.05, 0) is 84.0 Å². The van der Waals surface area contributed by atoms with E-state index in [4.69, 9.17) is 32.7 Å². The van der Waals surface area contributed by atoms with Crippen molar-refractivity contribution >= 4 is 67.8 Å². The zero-order valence-electron chi connectivity index (χ0n) is 28.5. The molecule has 0 bridgehead atoms. The molecule has 0 saturated carbocycles. The summed E-state index contributed by atoms with van der Waals surface area (Å²) in [6.07, 6.45) is 4.19. The molecule has 0 N–H and O–H groups in total. The van der Waals surface area contributed by atoms with Gasteiger partial charge < -0.3 is 19.3 Å². The lowest BCUT2D eigenvalue weighted by Crippen LogP contribution is -2.51. The van der Waals surface area contributed by atoms with E-state index in [0.717, 1.165) is 4.31 Å². The maximum Gasteiger partial charge on any atom is 0.410 e. The fourth-order valence-electron chi connectivity index (χ4n) is 5.23. The topological polar surface area (TPSA) is 144 Å². The highest BCUT2D eigenvalue weighted by atomic mass is 35.5. The molecule has 50 heavy (non-hydrogen) atoms. The van der Waals surface area contributed by atoms with Gasteiger partial charge in [-0.1, -0.05) is 23.2 Å². The summed E-state index contributed by atoms with van der Waals surface area (Å²) < 4.78 is 41.4. The summed E-state index contributed by atoms with van der Waals surface area (Å²) >= 11 is 12.3. The summed E-state index contributed by atoms with van der Waals surface area (Å²) in [5.41, 5.74) is -0.422. The number of piperazine rings is 1. The van der Waals surface area contributed by atoms with Crippen molar-refractivity contribution in [2.45, 2.75) is 57.6 Å². The number of amides is 2. The minimum absolute atomic E-state index is 0.121. The van der Waals surface area contributed by atoms with Crippen molar-refractivity contribution in [2.24, 2.45) is 0 Å². The van der Waals surface area contributed by atoms with Crippen LogP contribution in [0.25, 0.3) is 16.7 Å². The van der Waals surface area contributed by atoms with E-state index >= 15 is 0 Å². The summed E-state index contributed by atoms with van der Waals surface area (Å²) in [6.45, 7) is 11.2. The number of esters is 1. The molecule has 2 amide bonds. The fourth-order valence-corrected chi connectivity index (χ4v) is 7.36. The number of benzene rings is 2. The lowest BCUT2D eigenvalue weighted by atomic mass is 10.2. The van der Waals surface area contributed by atoms with Crippen LogP contribution < -0.4 is 4.31 Å². The van der Waals surface area contributed by atoms with Crippen LogP contribution in [0.3, 0.4) is 0 Å². The highest BCUT2D eigenvalue weighted by molar-refractivity contribution is 7.92. The number of aromatic nitrogens is 3. The third kappa shape index (κ3) is 8.66. The average Bonchev–Trinajstić information content (AvgIpc) is 3.44. The lowest BCUT2D eigenvalue weighted by Gasteiger charge is -2.35. The minimum atomic E-state index is -4.33. The van der Waals surface area contributed by atoms with E-state index in [1.807, 2.05) is 0 Å². The molecule has 2 aromatic carbocycles. The predicted molar refractivity (Wildman–Crippen MR) is 189 cm³/mol. The maximum absolute atomic E-state index is 13.9. The molecule has 0 unspecified atom stereocenters. The van der Waals surface area contributed by atoms with Crippen molar-refractivity contribution in [3.8, 4) is 5.82 Å². The van der Waals surface area contributed by atoms with Crippen LogP contribution in [0.2, 0.25) is 10.0 Å². The molecule has 1 saturated heterocycles. The van der Waals surface area contributed by atoms with E-state index in [-0.39, 0.29) is 32.2 Å². The molecule has 0 atom stereocenters. The molecule has 1 aliphatic heterocycles. The number of hydrogen-bond acceptors (Lipinski definition) is 9. The summed E-state index contributed by atoms with van der Waals surface area (Å²) in [7, 11) is -4.33. The second kappa shape index (κ2) is 14.1. The molecule has 0 aliphatic carbocycles.